The molecular formula is C20H24N2O4S. The van der Waals surface area contributed by atoms with Gasteiger partial charge in [0.25, 0.3) is 0 Å². The van der Waals surface area contributed by atoms with Gasteiger partial charge >= 0.3 is 6.03 Å². The molecule has 2 amide bonds. The molecule has 0 fully saturated rings. The number of hydrogen-bond acceptors (Lipinski definition) is 4. The number of nitrogens with one attached hydrogen (secondary N) is 2. The average molecular weight is 388 g/mol. The minimum atomic E-state index is -3.36. The Kier molecular flexibility index (Phi) is 5.53. The minimum absolute atomic E-state index is 0.119. The van der Waals surface area contributed by atoms with Gasteiger partial charge in [0.15, 0.2) is 9.84 Å². The van der Waals surface area contributed by atoms with E-state index >= 15 is 0 Å². The van der Waals surface area contributed by atoms with Crippen LogP contribution in [0.25, 0.3) is 0 Å². The van der Waals surface area contributed by atoms with Gasteiger partial charge in [-0.25, -0.2) is 13.2 Å². The summed E-state index contributed by atoms with van der Waals surface area (Å²) in [6.45, 7) is 6.33. The summed E-state index contributed by atoms with van der Waals surface area (Å²) in [6, 6.07) is 11.4. The summed E-state index contributed by atoms with van der Waals surface area (Å²) >= 11 is 0. The molecule has 7 heteroatoms. The first-order chi connectivity index (χ1) is 12.8. The Balaban J connectivity index is 1.71. The Hall–Kier alpha value is -2.38. The smallest absolute Gasteiger partial charge is 0.319 e. The molecule has 2 N–H and O–H groups in total. The molecule has 2 aromatic rings. The predicted octanol–water partition coefficient (Wildman–Crippen LogP) is 3.57. The Bertz CT molecular complexity index is 954. The van der Waals surface area contributed by atoms with Crippen molar-refractivity contribution in [3.8, 4) is 0 Å². The van der Waals surface area contributed by atoms with E-state index in [9.17, 15) is 13.2 Å². The molecule has 3 rings (SSSR count). The van der Waals surface area contributed by atoms with Gasteiger partial charge in [-0.2, -0.15) is 0 Å². The van der Waals surface area contributed by atoms with E-state index in [0.29, 0.717) is 22.8 Å². The first-order valence-corrected chi connectivity index (χ1v) is 10.5. The molecule has 0 aromatic heterocycles. The Morgan fingerprint density at radius 2 is 1.93 bits per heavy atom. The predicted molar refractivity (Wildman–Crippen MR) is 104 cm³/mol. The molecular weight excluding hydrogens is 364 g/mol. The van der Waals surface area contributed by atoms with Crippen LogP contribution in [0.1, 0.15) is 36.6 Å². The largest absolute Gasteiger partial charge is 0.374 e. The molecule has 2 aromatic carbocycles. The van der Waals surface area contributed by atoms with Gasteiger partial charge in [-0.1, -0.05) is 30.3 Å². The summed E-state index contributed by atoms with van der Waals surface area (Å²) in [7, 11) is -3.36. The molecule has 1 aliphatic heterocycles. The third kappa shape index (κ3) is 4.31. The van der Waals surface area contributed by atoms with Crippen LogP contribution < -0.4 is 10.6 Å². The fourth-order valence-electron chi connectivity index (χ4n) is 3.12. The molecule has 0 saturated carbocycles. The van der Waals surface area contributed by atoms with Gasteiger partial charge in [0.1, 0.15) is 0 Å². The zero-order valence-electron chi connectivity index (χ0n) is 15.7. The van der Waals surface area contributed by atoms with Gasteiger partial charge < -0.3 is 15.4 Å². The van der Waals surface area contributed by atoms with E-state index in [0.717, 1.165) is 11.1 Å². The molecule has 144 valence electrons. The number of rotatable bonds is 5. The highest BCUT2D eigenvalue weighted by Gasteiger charge is 2.35. The van der Waals surface area contributed by atoms with Crippen LogP contribution in [-0.4, -0.2) is 26.3 Å². The molecule has 1 heterocycles. The lowest BCUT2D eigenvalue weighted by Crippen LogP contribution is -2.33. The first kappa shape index (κ1) is 19.4. The van der Waals surface area contributed by atoms with Crippen LogP contribution >= 0.6 is 0 Å². The number of carbonyl (C=O) groups is 1. The van der Waals surface area contributed by atoms with Crippen molar-refractivity contribution in [2.45, 2.75) is 44.4 Å². The molecule has 0 spiro atoms. The van der Waals surface area contributed by atoms with E-state index in [-0.39, 0.29) is 11.9 Å². The van der Waals surface area contributed by atoms with E-state index in [1.165, 1.54) is 0 Å². The molecule has 1 unspecified atom stereocenters. The van der Waals surface area contributed by atoms with Crippen LogP contribution in [0.15, 0.2) is 47.4 Å². The molecule has 6 nitrogen and oxygen atoms in total. The molecule has 27 heavy (non-hydrogen) atoms. The fourth-order valence-corrected chi connectivity index (χ4v) is 4.85. The topological polar surface area (TPSA) is 84.5 Å². The maximum atomic E-state index is 12.5. The van der Waals surface area contributed by atoms with Crippen molar-refractivity contribution in [2.24, 2.45) is 0 Å². The second kappa shape index (κ2) is 7.70. The summed E-state index contributed by atoms with van der Waals surface area (Å²) in [5, 5.41) is 5.60. The fraction of sp³-hybridized carbons (Fsp3) is 0.350. The van der Waals surface area contributed by atoms with Crippen molar-refractivity contribution in [3.05, 3.63) is 59.2 Å². The zero-order valence-corrected chi connectivity index (χ0v) is 16.5. The Morgan fingerprint density at radius 3 is 2.67 bits per heavy atom. The zero-order chi connectivity index (χ0) is 19.6. The second-order valence-electron chi connectivity index (χ2n) is 6.92. The molecule has 0 aliphatic carbocycles. The van der Waals surface area contributed by atoms with Crippen molar-refractivity contribution < 1.29 is 17.9 Å². The van der Waals surface area contributed by atoms with Crippen LogP contribution in [0, 0.1) is 6.92 Å². The van der Waals surface area contributed by atoms with Crippen molar-refractivity contribution in [1.82, 2.24) is 5.32 Å². The standard InChI is InChI=1S/C20H24N2O4S/c1-13(2)26-11-15-7-6-9-17(14(15)3)21-20(23)22-18-12-27(24,25)19-10-5-4-8-16(18)19/h4-10,13,18H,11-12H2,1-3H3,(H2,21,22,23). The quantitative estimate of drug-likeness (QED) is 0.820. The number of carbonyl (C=O) groups excluding carboxylic acids is 1. The number of urea groups is 1. The van der Waals surface area contributed by atoms with Gasteiger partial charge in [0.2, 0.25) is 0 Å². The minimum Gasteiger partial charge on any atom is -0.374 e. The second-order valence-corrected chi connectivity index (χ2v) is 8.92. The lowest BCUT2D eigenvalue weighted by Gasteiger charge is -2.17. The highest BCUT2D eigenvalue weighted by molar-refractivity contribution is 7.91. The van der Waals surface area contributed by atoms with Crippen LogP contribution in [0.5, 0.6) is 0 Å². The summed E-state index contributed by atoms with van der Waals surface area (Å²) < 4.78 is 30.1. The summed E-state index contributed by atoms with van der Waals surface area (Å²) in [4.78, 5) is 12.8. The van der Waals surface area contributed by atoms with E-state index in [1.807, 2.05) is 39.0 Å². The van der Waals surface area contributed by atoms with Crippen molar-refractivity contribution in [1.29, 1.82) is 0 Å². The third-order valence-corrected chi connectivity index (χ3v) is 6.40. The average Bonchev–Trinajstić information content (AvgIpc) is 2.86. The van der Waals surface area contributed by atoms with E-state index in [2.05, 4.69) is 10.6 Å². The SMILES string of the molecule is Cc1c(COC(C)C)cccc1NC(=O)NC1CS(=O)(=O)c2ccccc21. The van der Waals surface area contributed by atoms with E-state index in [1.54, 1.807) is 24.3 Å². The molecule has 0 radical (unpaired) electrons. The van der Waals surface area contributed by atoms with Gasteiger partial charge in [-0.15, -0.1) is 0 Å². The Morgan fingerprint density at radius 1 is 1.19 bits per heavy atom. The lowest BCUT2D eigenvalue weighted by atomic mass is 10.1. The van der Waals surface area contributed by atoms with Crippen molar-refractivity contribution >= 4 is 21.6 Å². The maximum Gasteiger partial charge on any atom is 0.319 e. The highest BCUT2D eigenvalue weighted by Crippen LogP contribution is 2.33. The molecule has 1 atom stereocenters. The van der Waals surface area contributed by atoms with Crippen LogP contribution in [0.4, 0.5) is 10.5 Å². The normalized spacial score (nSPS) is 17.6. The van der Waals surface area contributed by atoms with Crippen molar-refractivity contribution in [2.75, 3.05) is 11.1 Å². The molecule has 1 aliphatic rings. The molecule has 0 saturated heterocycles. The lowest BCUT2D eigenvalue weighted by molar-refractivity contribution is 0.0654. The number of sulfone groups is 1. The van der Waals surface area contributed by atoms with Gasteiger partial charge in [0.05, 0.1) is 29.4 Å². The Labute approximate surface area is 159 Å². The van der Waals surface area contributed by atoms with Gasteiger partial charge in [0, 0.05) is 5.69 Å². The van der Waals surface area contributed by atoms with Crippen LogP contribution in [0.2, 0.25) is 0 Å². The van der Waals surface area contributed by atoms with Crippen LogP contribution in [0.3, 0.4) is 0 Å². The summed E-state index contributed by atoms with van der Waals surface area (Å²) in [5.41, 5.74) is 3.22. The monoisotopic (exact) mass is 388 g/mol. The van der Waals surface area contributed by atoms with E-state index < -0.39 is 21.9 Å². The van der Waals surface area contributed by atoms with Gasteiger partial charge in [-0.05, 0) is 49.6 Å². The van der Waals surface area contributed by atoms with E-state index in [4.69, 9.17) is 4.74 Å². The number of ether oxygens (including phenoxy) is 1. The number of fused-ring (bicyclic) bond motifs is 1. The number of amides is 2. The highest BCUT2D eigenvalue weighted by atomic mass is 32.2. The number of hydrogen-bond donors (Lipinski definition) is 2. The summed E-state index contributed by atoms with van der Waals surface area (Å²) in [5.74, 6) is -0.124. The molecule has 0 bridgehead atoms. The summed E-state index contributed by atoms with van der Waals surface area (Å²) in [6.07, 6.45) is 0.119. The third-order valence-electron chi connectivity index (χ3n) is 4.59. The number of anilines is 1. The van der Waals surface area contributed by atoms with Crippen molar-refractivity contribution in [3.63, 3.8) is 0 Å². The van der Waals surface area contributed by atoms with Gasteiger partial charge in [-0.3, -0.25) is 0 Å². The number of benzene rings is 2. The first-order valence-electron chi connectivity index (χ1n) is 8.87. The van der Waals surface area contributed by atoms with Crippen LogP contribution in [-0.2, 0) is 21.2 Å². The maximum absolute atomic E-state index is 12.5.